The molecule has 1 aliphatic heterocycles. The lowest BCUT2D eigenvalue weighted by atomic mass is 10.1. The van der Waals surface area contributed by atoms with Crippen LogP contribution in [0.5, 0.6) is 0 Å². The van der Waals surface area contributed by atoms with Crippen molar-refractivity contribution in [1.82, 2.24) is 15.3 Å². The van der Waals surface area contributed by atoms with Crippen LogP contribution in [0, 0.1) is 0 Å². The molecule has 0 amide bonds. The van der Waals surface area contributed by atoms with E-state index < -0.39 is 0 Å². The Morgan fingerprint density at radius 2 is 2.21 bits per heavy atom. The maximum Gasteiger partial charge on any atom is 0.147 e. The van der Waals surface area contributed by atoms with Gasteiger partial charge in [0.15, 0.2) is 0 Å². The van der Waals surface area contributed by atoms with Crippen molar-refractivity contribution in [1.29, 1.82) is 0 Å². The van der Waals surface area contributed by atoms with E-state index in [-0.39, 0.29) is 0 Å². The fourth-order valence-electron chi connectivity index (χ4n) is 2.48. The second-order valence-electron chi connectivity index (χ2n) is 5.47. The van der Waals surface area contributed by atoms with Gasteiger partial charge in [0.05, 0.1) is 24.2 Å². The van der Waals surface area contributed by atoms with Gasteiger partial charge in [-0.1, -0.05) is 0 Å². The summed E-state index contributed by atoms with van der Waals surface area (Å²) in [6.07, 6.45) is 9.01. The zero-order chi connectivity index (χ0) is 13.1. The van der Waals surface area contributed by atoms with Gasteiger partial charge in [0.1, 0.15) is 5.82 Å². The highest BCUT2D eigenvalue weighted by Gasteiger charge is 2.21. The van der Waals surface area contributed by atoms with Gasteiger partial charge in [0, 0.05) is 32.8 Å². The van der Waals surface area contributed by atoms with Crippen LogP contribution < -0.4 is 10.2 Å². The summed E-state index contributed by atoms with van der Waals surface area (Å²) in [4.78, 5) is 11.3. The Morgan fingerprint density at radius 3 is 2.89 bits per heavy atom. The fraction of sp³-hybridized carbons (Fsp3) is 0.714. The van der Waals surface area contributed by atoms with Gasteiger partial charge in [0.25, 0.3) is 0 Å². The summed E-state index contributed by atoms with van der Waals surface area (Å²) in [6, 6.07) is 0.714. The third-order valence-corrected chi connectivity index (χ3v) is 3.88. The molecule has 104 valence electrons. The van der Waals surface area contributed by atoms with Gasteiger partial charge in [0.2, 0.25) is 0 Å². The molecule has 2 aliphatic rings. The predicted molar refractivity (Wildman–Crippen MR) is 74.1 cm³/mol. The van der Waals surface area contributed by atoms with Crippen LogP contribution in [0.2, 0.25) is 0 Å². The molecule has 0 bridgehead atoms. The Kier molecular flexibility index (Phi) is 3.94. The summed E-state index contributed by atoms with van der Waals surface area (Å²) in [5.74, 6) is 0.969. The van der Waals surface area contributed by atoms with Crippen molar-refractivity contribution in [2.75, 3.05) is 25.1 Å². The highest BCUT2D eigenvalue weighted by atomic mass is 16.5. The van der Waals surface area contributed by atoms with E-state index in [4.69, 9.17) is 4.74 Å². The highest BCUT2D eigenvalue weighted by Crippen LogP contribution is 2.20. The van der Waals surface area contributed by atoms with Gasteiger partial charge in [-0.2, -0.15) is 0 Å². The van der Waals surface area contributed by atoms with Crippen LogP contribution in [0.1, 0.15) is 31.4 Å². The quantitative estimate of drug-likeness (QED) is 0.868. The molecule has 1 aliphatic carbocycles. The number of hydrogen-bond acceptors (Lipinski definition) is 5. The van der Waals surface area contributed by atoms with Gasteiger partial charge in [-0.15, -0.1) is 0 Å². The molecule has 1 atom stereocenters. The van der Waals surface area contributed by atoms with Crippen molar-refractivity contribution in [3.63, 3.8) is 0 Å². The SMILES string of the molecule is COC1CCCN(c2cnc(CNC3CC3)cn2)C1. The molecule has 2 heterocycles. The molecule has 5 nitrogen and oxygen atoms in total. The molecule has 3 rings (SSSR count). The van der Waals surface area contributed by atoms with E-state index in [2.05, 4.69) is 20.2 Å². The molecule has 0 aromatic carbocycles. The summed E-state index contributed by atoms with van der Waals surface area (Å²) >= 11 is 0. The molecular formula is C14H22N4O. The monoisotopic (exact) mass is 262 g/mol. The largest absolute Gasteiger partial charge is 0.380 e. The van der Waals surface area contributed by atoms with Crippen LogP contribution in [-0.4, -0.2) is 42.3 Å². The number of hydrogen-bond donors (Lipinski definition) is 1. The van der Waals surface area contributed by atoms with Crippen LogP contribution in [0.4, 0.5) is 5.82 Å². The van der Waals surface area contributed by atoms with E-state index >= 15 is 0 Å². The number of aromatic nitrogens is 2. The molecule has 1 saturated heterocycles. The smallest absolute Gasteiger partial charge is 0.147 e. The van der Waals surface area contributed by atoms with E-state index in [1.807, 2.05) is 12.4 Å². The van der Waals surface area contributed by atoms with E-state index in [1.54, 1.807) is 7.11 Å². The minimum Gasteiger partial charge on any atom is -0.380 e. The van der Waals surface area contributed by atoms with Gasteiger partial charge >= 0.3 is 0 Å². The zero-order valence-electron chi connectivity index (χ0n) is 11.5. The van der Waals surface area contributed by atoms with Crippen molar-refractivity contribution in [2.45, 2.75) is 44.4 Å². The molecule has 1 aromatic heterocycles. The minimum absolute atomic E-state index is 0.326. The predicted octanol–water partition coefficient (Wildman–Crippen LogP) is 1.34. The van der Waals surface area contributed by atoms with Crippen molar-refractivity contribution in [3.8, 4) is 0 Å². The molecule has 5 heteroatoms. The van der Waals surface area contributed by atoms with Crippen LogP contribution in [0.25, 0.3) is 0 Å². The molecule has 0 radical (unpaired) electrons. The molecule has 1 N–H and O–H groups in total. The normalized spacial score (nSPS) is 23.6. The summed E-state index contributed by atoms with van der Waals surface area (Å²) < 4.78 is 5.44. The Bertz CT molecular complexity index is 404. The number of nitrogens with zero attached hydrogens (tertiary/aromatic N) is 3. The Balaban J connectivity index is 1.57. The number of methoxy groups -OCH3 is 1. The van der Waals surface area contributed by atoms with E-state index in [0.29, 0.717) is 12.1 Å². The van der Waals surface area contributed by atoms with E-state index in [0.717, 1.165) is 44.0 Å². The molecule has 1 aromatic rings. The zero-order valence-corrected chi connectivity index (χ0v) is 11.5. The molecule has 2 fully saturated rings. The summed E-state index contributed by atoms with van der Waals surface area (Å²) in [7, 11) is 1.78. The maximum atomic E-state index is 5.44. The third-order valence-electron chi connectivity index (χ3n) is 3.88. The fourth-order valence-corrected chi connectivity index (χ4v) is 2.48. The third kappa shape index (κ3) is 3.42. The second-order valence-corrected chi connectivity index (χ2v) is 5.47. The standard InChI is InChI=1S/C14H22N4O/c1-19-13-3-2-6-18(10-13)14-9-16-12(8-17-14)7-15-11-4-5-11/h8-9,11,13,15H,2-7,10H2,1H3. The Labute approximate surface area is 114 Å². The molecular weight excluding hydrogens is 240 g/mol. The van der Waals surface area contributed by atoms with Crippen molar-refractivity contribution >= 4 is 5.82 Å². The topological polar surface area (TPSA) is 50.3 Å². The average Bonchev–Trinajstić information content (AvgIpc) is 3.30. The van der Waals surface area contributed by atoms with Crippen LogP contribution >= 0.6 is 0 Å². The molecule has 19 heavy (non-hydrogen) atoms. The molecule has 1 saturated carbocycles. The number of nitrogens with one attached hydrogen (secondary N) is 1. The summed E-state index contributed by atoms with van der Waals surface area (Å²) in [5.41, 5.74) is 1.02. The number of anilines is 1. The summed E-state index contributed by atoms with van der Waals surface area (Å²) in [5, 5.41) is 3.45. The van der Waals surface area contributed by atoms with Gasteiger partial charge in [-0.25, -0.2) is 4.98 Å². The Morgan fingerprint density at radius 1 is 1.32 bits per heavy atom. The van der Waals surface area contributed by atoms with Crippen LogP contribution in [0.3, 0.4) is 0 Å². The van der Waals surface area contributed by atoms with Crippen molar-refractivity contribution < 1.29 is 4.74 Å². The van der Waals surface area contributed by atoms with E-state index in [9.17, 15) is 0 Å². The first-order valence-electron chi connectivity index (χ1n) is 7.17. The minimum atomic E-state index is 0.326. The first kappa shape index (κ1) is 12.8. The lowest BCUT2D eigenvalue weighted by molar-refractivity contribution is 0.0891. The van der Waals surface area contributed by atoms with E-state index in [1.165, 1.54) is 12.8 Å². The van der Waals surface area contributed by atoms with Crippen molar-refractivity contribution in [2.24, 2.45) is 0 Å². The average molecular weight is 262 g/mol. The van der Waals surface area contributed by atoms with Gasteiger partial charge in [-0.3, -0.25) is 4.98 Å². The van der Waals surface area contributed by atoms with Gasteiger partial charge < -0.3 is 15.0 Å². The first-order chi connectivity index (χ1) is 9.35. The molecule has 1 unspecified atom stereocenters. The number of rotatable bonds is 5. The van der Waals surface area contributed by atoms with Crippen LogP contribution in [-0.2, 0) is 11.3 Å². The van der Waals surface area contributed by atoms with Crippen LogP contribution in [0.15, 0.2) is 12.4 Å². The lowest BCUT2D eigenvalue weighted by Gasteiger charge is -2.32. The first-order valence-corrected chi connectivity index (χ1v) is 7.17. The maximum absolute atomic E-state index is 5.44. The Hall–Kier alpha value is -1.20. The highest BCUT2D eigenvalue weighted by molar-refractivity contribution is 5.36. The molecule has 0 spiro atoms. The van der Waals surface area contributed by atoms with Crippen molar-refractivity contribution in [3.05, 3.63) is 18.1 Å². The number of ether oxygens (including phenoxy) is 1. The number of piperidine rings is 1. The summed E-state index contributed by atoms with van der Waals surface area (Å²) in [6.45, 7) is 2.80. The van der Waals surface area contributed by atoms with Gasteiger partial charge in [-0.05, 0) is 25.7 Å². The lowest BCUT2D eigenvalue weighted by Crippen LogP contribution is -2.39. The second kappa shape index (κ2) is 5.84.